The van der Waals surface area contributed by atoms with Gasteiger partial charge >= 0.3 is 0 Å². The minimum Gasteiger partial charge on any atom is -0.356 e. The van der Waals surface area contributed by atoms with Gasteiger partial charge in [0.15, 0.2) is 0 Å². The Morgan fingerprint density at radius 2 is 1.37 bits per heavy atom. The van der Waals surface area contributed by atoms with E-state index >= 15 is 0 Å². The lowest BCUT2D eigenvalue weighted by molar-refractivity contribution is -0.123. The van der Waals surface area contributed by atoms with Gasteiger partial charge in [0.1, 0.15) is 0 Å². The third-order valence-electron chi connectivity index (χ3n) is 3.08. The molecule has 19 heavy (non-hydrogen) atoms. The Morgan fingerprint density at radius 3 is 1.84 bits per heavy atom. The van der Waals surface area contributed by atoms with Gasteiger partial charge in [-0.3, -0.25) is 4.79 Å². The molecule has 0 radical (unpaired) electrons. The molecule has 0 saturated carbocycles. The van der Waals surface area contributed by atoms with E-state index in [1.54, 1.807) is 0 Å². The van der Waals surface area contributed by atoms with Crippen LogP contribution in [0, 0.1) is 5.92 Å². The Bertz CT molecular complexity index is 231. The second-order valence-corrected chi connectivity index (χ2v) is 6.74. The van der Waals surface area contributed by atoms with Gasteiger partial charge in [0, 0.05) is 18.0 Å². The molecule has 0 rings (SSSR count). The van der Waals surface area contributed by atoms with Gasteiger partial charge in [0.25, 0.3) is 0 Å². The number of nitrogens with one attached hydrogen (secondary N) is 2. The zero-order chi connectivity index (χ0) is 14.7. The SMILES string of the molecule is CC(C)C(=O)NCCCCCCCCNC(C)(C)C. The minimum atomic E-state index is 0.107. The summed E-state index contributed by atoms with van der Waals surface area (Å²) in [7, 11) is 0. The van der Waals surface area contributed by atoms with Crippen LogP contribution in [0.15, 0.2) is 0 Å². The molecule has 0 aliphatic carbocycles. The maximum absolute atomic E-state index is 11.3. The largest absolute Gasteiger partial charge is 0.356 e. The molecule has 0 aromatic carbocycles. The molecule has 0 aromatic heterocycles. The third kappa shape index (κ3) is 13.7. The molecule has 0 unspecified atom stereocenters. The molecule has 0 saturated heterocycles. The molecular weight excluding hydrogens is 236 g/mol. The highest BCUT2D eigenvalue weighted by atomic mass is 16.1. The number of amides is 1. The Morgan fingerprint density at radius 1 is 0.895 bits per heavy atom. The average Bonchev–Trinajstić information content (AvgIpc) is 2.29. The third-order valence-corrected chi connectivity index (χ3v) is 3.08. The van der Waals surface area contributed by atoms with Crippen LogP contribution in [-0.2, 0) is 4.79 Å². The van der Waals surface area contributed by atoms with E-state index < -0.39 is 0 Å². The van der Waals surface area contributed by atoms with E-state index in [0.717, 1.165) is 19.5 Å². The van der Waals surface area contributed by atoms with E-state index in [1.807, 2.05) is 13.8 Å². The number of unbranched alkanes of at least 4 members (excludes halogenated alkanes) is 5. The van der Waals surface area contributed by atoms with Crippen LogP contribution in [-0.4, -0.2) is 24.5 Å². The molecule has 0 aliphatic rings. The lowest BCUT2D eigenvalue weighted by atomic mass is 10.1. The summed E-state index contributed by atoms with van der Waals surface area (Å²) in [6.45, 7) is 12.4. The summed E-state index contributed by atoms with van der Waals surface area (Å²) in [5, 5.41) is 6.47. The van der Waals surface area contributed by atoms with Gasteiger partial charge in [0.05, 0.1) is 0 Å². The monoisotopic (exact) mass is 270 g/mol. The van der Waals surface area contributed by atoms with E-state index in [9.17, 15) is 4.79 Å². The summed E-state index contributed by atoms with van der Waals surface area (Å²) in [4.78, 5) is 11.3. The van der Waals surface area contributed by atoms with Gasteiger partial charge in [-0.15, -0.1) is 0 Å². The lowest BCUT2D eigenvalue weighted by Gasteiger charge is -2.20. The van der Waals surface area contributed by atoms with Crippen LogP contribution in [0.25, 0.3) is 0 Å². The molecule has 3 heteroatoms. The first kappa shape index (κ1) is 18.4. The highest BCUT2D eigenvalue weighted by Gasteiger charge is 2.07. The van der Waals surface area contributed by atoms with Crippen molar-refractivity contribution in [1.82, 2.24) is 10.6 Å². The van der Waals surface area contributed by atoms with E-state index in [-0.39, 0.29) is 17.4 Å². The van der Waals surface area contributed by atoms with Gasteiger partial charge in [0.2, 0.25) is 5.91 Å². The van der Waals surface area contributed by atoms with Gasteiger partial charge in [-0.2, -0.15) is 0 Å². The smallest absolute Gasteiger partial charge is 0.222 e. The van der Waals surface area contributed by atoms with Crippen LogP contribution in [0.1, 0.15) is 73.1 Å². The Labute approximate surface area is 119 Å². The van der Waals surface area contributed by atoms with Crippen LogP contribution in [0.5, 0.6) is 0 Å². The van der Waals surface area contributed by atoms with Crippen LogP contribution in [0.2, 0.25) is 0 Å². The summed E-state index contributed by atoms with van der Waals surface area (Å²) in [5.74, 6) is 0.281. The van der Waals surface area contributed by atoms with Gasteiger partial charge in [-0.1, -0.05) is 39.5 Å². The molecule has 0 heterocycles. The summed E-state index contributed by atoms with van der Waals surface area (Å²) in [6, 6.07) is 0. The Balaban J connectivity index is 3.18. The first-order valence-electron chi connectivity index (χ1n) is 7.85. The Hall–Kier alpha value is -0.570. The van der Waals surface area contributed by atoms with Crippen molar-refractivity contribution < 1.29 is 4.79 Å². The van der Waals surface area contributed by atoms with Crippen molar-refractivity contribution in [1.29, 1.82) is 0 Å². The quantitative estimate of drug-likeness (QED) is 0.597. The molecule has 3 nitrogen and oxygen atoms in total. The number of rotatable bonds is 10. The number of carbonyl (C=O) groups is 1. The standard InChI is InChI=1S/C16H34N2O/c1-14(2)15(19)17-12-10-8-6-7-9-11-13-18-16(3,4)5/h14,18H,6-13H2,1-5H3,(H,17,19). The maximum atomic E-state index is 11.3. The first-order chi connectivity index (χ1) is 8.83. The molecule has 0 aliphatic heterocycles. The average molecular weight is 270 g/mol. The van der Waals surface area contributed by atoms with Crippen molar-refractivity contribution in [2.75, 3.05) is 13.1 Å². The van der Waals surface area contributed by atoms with Crippen molar-refractivity contribution >= 4 is 5.91 Å². The molecule has 2 N–H and O–H groups in total. The van der Waals surface area contributed by atoms with Crippen molar-refractivity contribution in [3.8, 4) is 0 Å². The first-order valence-corrected chi connectivity index (χ1v) is 7.85. The normalized spacial score (nSPS) is 11.9. The number of hydrogen-bond donors (Lipinski definition) is 2. The zero-order valence-electron chi connectivity index (χ0n) is 13.6. The molecule has 0 atom stereocenters. The Kier molecular flexibility index (Phi) is 9.94. The summed E-state index contributed by atoms with van der Waals surface area (Å²) in [5.41, 5.74) is 0.245. The van der Waals surface area contributed by atoms with Crippen LogP contribution >= 0.6 is 0 Å². The predicted octanol–water partition coefficient (Wildman–Crippen LogP) is 3.49. The van der Waals surface area contributed by atoms with Crippen molar-refractivity contribution in [3.63, 3.8) is 0 Å². The topological polar surface area (TPSA) is 41.1 Å². The fraction of sp³-hybridized carbons (Fsp3) is 0.938. The van der Waals surface area contributed by atoms with Gasteiger partial charge in [-0.25, -0.2) is 0 Å². The summed E-state index contributed by atoms with van der Waals surface area (Å²) in [6.07, 6.45) is 7.50. The molecule has 0 aromatic rings. The molecule has 0 fully saturated rings. The van der Waals surface area contributed by atoms with Gasteiger partial charge in [-0.05, 0) is 40.2 Å². The molecule has 0 bridgehead atoms. The fourth-order valence-electron chi connectivity index (χ4n) is 1.84. The molecule has 1 amide bonds. The maximum Gasteiger partial charge on any atom is 0.222 e. The minimum absolute atomic E-state index is 0.107. The van der Waals surface area contributed by atoms with Crippen LogP contribution in [0.3, 0.4) is 0 Å². The van der Waals surface area contributed by atoms with Crippen LogP contribution < -0.4 is 10.6 Å². The fourth-order valence-corrected chi connectivity index (χ4v) is 1.84. The van der Waals surface area contributed by atoms with Crippen molar-refractivity contribution in [2.24, 2.45) is 5.92 Å². The number of hydrogen-bond acceptors (Lipinski definition) is 2. The highest BCUT2D eigenvalue weighted by molar-refractivity contribution is 5.77. The van der Waals surface area contributed by atoms with E-state index in [2.05, 4.69) is 31.4 Å². The molecular formula is C16H34N2O. The van der Waals surface area contributed by atoms with E-state index in [4.69, 9.17) is 0 Å². The predicted molar refractivity (Wildman–Crippen MR) is 83.3 cm³/mol. The molecule has 0 spiro atoms. The second-order valence-electron chi connectivity index (χ2n) is 6.74. The number of carbonyl (C=O) groups excluding carboxylic acids is 1. The van der Waals surface area contributed by atoms with Crippen LogP contribution in [0.4, 0.5) is 0 Å². The second kappa shape index (κ2) is 10.2. The van der Waals surface area contributed by atoms with E-state index in [0.29, 0.717) is 0 Å². The van der Waals surface area contributed by atoms with Gasteiger partial charge < -0.3 is 10.6 Å². The van der Waals surface area contributed by atoms with E-state index in [1.165, 1.54) is 32.1 Å². The zero-order valence-corrected chi connectivity index (χ0v) is 13.6. The summed E-state index contributed by atoms with van der Waals surface area (Å²) >= 11 is 0. The summed E-state index contributed by atoms with van der Waals surface area (Å²) < 4.78 is 0. The van der Waals surface area contributed by atoms with Crippen molar-refractivity contribution in [3.05, 3.63) is 0 Å². The highest BCUT2D eigenvalue weighted by Crippen LogP contribution is 2.06. The lowest BCUT2D eigenvalue weighted by Crippen LogP contribution is -2.36. The molecule has 114 valence electrons. The van der Waals surface area contributed by atoms with Crippen molar-refractivity contribution in [2.45, 2.75) is 78.7 Å².